The van der Waals surface area contributed by atoms with E-state index in [1.165, 1.54) is 17.7 Å². The fourth-order valence-electron chi connectivity index (χ4n) is 2.48. The van der Waals surface area contributed by atoms with Gasteiger partial charge in [-0.3, -0.25) is 4.79 Å². The van der Waals surface area contributed by atoms with Gasteiger partial charge in [0.1, 0.15) is 5.82 Å². The minimum Gasteiger partial charge on any atom is -0.340 e. The third-order valence-corrected chi connectivity index (χ3v) is 3.73. The number of nitrogens with zero attached hydrogens (tertiary/aromatic N) is 1. The first-order valence-electron chi connectivity index (χ1n) is 7.04. The number of hydrogen-bond donors (Lipinski definition) is 0. The Kier molecular flexibility index (Phi) is 3.57. The van der Waals surface area contributed by atoms with Crippen LogP contribution >= 0.6 is 0 Å². The molecule has 106 valence electrons. The molecule has 3 aromatic rings. The van der Waals surface area contributed by atoms with Gasteiger partial charge in [0, 0.05) is 22.7 Å². The van der Waals surface area contributed by atoms with Crippen molar-refractivity contribution in [2.75, 3.05) is 0 Å². The van der Waals surface area contributed by atoms with Crippen molar-refractivity contribution in [3.8, 4) is 0 Å². The SMILES string of the molecule is CCc1ccc(C(=O)Cn2ccc3cc(F)ccc32)cc1. The average molecular weight is 281 g/mol. The number of Topliss-reactive ketones (excluding diaryl/α,β-unsaturated/α-hetero) is 1. The molecule has 2 aromatic carbocycles. The van der Waals surface area contributed by atoms with E-state index in [0.29, 0.717) is 5.56 Å². The first kappa shape index (κ1) is 13.6. The molecule has 0 unspecified atom stereocenters. The van der Waals surface area contributed by atoms with Crippen LogP contribution in [0.15, 0.2) is 54.7 Å². The van der Waals surface area contributed by atoms with Gasteiger partial charge in [-0.15, -0.1) is 0 Å². The molecule has 0 bridgehead atoms. The van der Waals surface area contributed by atoms with Crippen molar-refractivity contribution in [1.29, 1.82) is 0 Å². The van der Waals surface area contributed by atoms with E-state index in [0.717, 1.165) is 17.3 Å². The Hall–Kier alpha value is -2.42. The average Bonchev–Trinajstić information content (AvgIpc) is 2.89. The second kappa shape index (κ2) is 5.52. The van der Waals surface area contributed by atoms with E-state index < -0.39 is 0 Å². The minimum absolute atomic E-state index is 0.0551. The van der Waals surface area contributed by atoms with Gasteiger partial charge in [-0.25, -0.2) is 4.39 Å². The molecule has 3 rings (SSSR count). The molecule has 0 fully saturated rings. The number of rotatable bonds is 4. The van der Waals surface area contributed by atoms with Crippen LogP contribution in [0.25, 0.3) is 10.9 Å². The van der Waals surface area contributed by atoms with Crippen LogP contribution in [0.1, 0.15) is 22.8 Å². The molecular formula is C18H16FNO. The topological polar surface area (TPSA) is 22.0 Å². The van der Waals surface area contributed by atoms with Crippen molar-refractivity contribution < 1.29 is 9.18 Å². The number of aromatic nitrogens is 1. The largest absolute Gasteiger partial charge is 0.340 e. The highest BCUT2D eigenvalue weighted by Gasteiger charge is 2.09. The Morgan fingerprint density at radius 2 is 1.86 bits per heavy atom. The van der Waals surface area contributed by atoms with Gasteiger partial charge in [0.25, 0.3) is 0 Å². The molecule has 0 aliphatic rings. The van der Waals surface area contributed by atoms with Gasteiger partial charge < -0.3 is 4.57 Å². The zero-order valence-electron chi connectivity index (χ0n) is 11.8. The van der Waals surface area contributed by atoms with Crippen LogP contribution in [0.5, 0.6) is 0 Å². The predicted molar refractivity (Wildman–Crippen MR) is 82.0 cm³/mol. The molecule has 21 heavy (non-hydrogen) atoms. The van der Waals surface area contributed by atoms with Crippen LogP contribution in [0.3, 0.4) is 0 Å². The Morgan fingerprint density at radius 1 is 1.10 bits per heavy atom. The molecule has 0 N–H and O–H groups in total. The summed E-state index contributed by atoms with van der Waals surface area (Å²) in [4.78, 5) is 12.3. The molecule has 0 radical (unpaired) electrons. The lowest BCUT2D eigenvalue weighted by atomic mass is 10.1. The van der Waals surface area contributed by atoms with Crippen molar-refractivity contribution in [3.63, 3.8) is 0 Å². The van der Waals surface area contributed by atoms with Crippen LogP contribution in [0, 0.1) is 5.82 Å². The number of ketones is 1. The maximum Gasteiger partial charge on any atom is 0.182 e. The molecule has 0 amide bonds. The number of halogens is 1. The van der Waals surface area contributed by atoms with Crippen LogP contribution in [0.4, 0.5) is 4.39 Å². The molecule has 0 spiro atoms. The van der Waals surface area contributed by atoms with Crippen molar-refractivity contribution in [2.24, 2.45) is 0 Å². The lowest BCUT2D eigenvalue weighted by Crippen LogP contribution is -2.09. The summed E-state index contributed by atoms with van der Waals surface area (Å²) in [6.07, 6.45) is 2.78. The highest BCUT2D eigenvalue weighted by Crippen LogP contribution is 2.18. The summed E-state index contributed by atoms with van der Waals surface area (Å²) in [6, 6.07) is 14.1. The summed E-state index contributed by atoms with van der Waals surface area (Å²) in [5, 5.41) is 0.809. The van der Waals surface area contributed by atoms with Gasteiger partial charge in [-0.05, 0) is 36.2 Å². The van der Waals surface area contributed by atoms with E-state index in [1.807, 2.05) is 41.1 Å². The number of fused-ring (bicyclic) bond motifs is 1. The Balaban J connectivity index is 1.85. The molecule has 0 aliphatic heterocycles. The summed E-state index contributed by atoms with van der Waals surface area (Å²) in [7, 11) is 0. The second-order valence-corrected chi connectivity index (χ2v) is 5.12. The third-order valence-electron chi connectivity index (χ3n) is 3.73. The number of carbonyl (C=O) groups excluding carboxylic acids is 1. The van der Waals surface area contributed by atoms with Crippen LogP contribution < -0.4 is 0 Å². The third kappa shape index (κ3) is 2.72. The van der Waals surface area contributed by atoms with Gasteiger partial charge in [-0.2, -0.15) is 0 Å². The molecule has 0 aliphatic carbocycles. The van der Waals surface area contributed by atoms with E-state index in [2.05, 4.69) is 6.92 Å². The predicted octanol–water partition coefficient (Wildman–Crippen LogP) is 4.23. The molecule has 1 heterocycles. The Morgan fingerprint density at radius 3 is 2.57 bits per heavy atom. The minimum atomic E-state index is -0.262. The standard InChI is InChI=1S/C18H16FNO/c1-2-13-3-5-14(6-4-13)18(21)12-20-10-9-15-11-16(19)7-8-17(15)20/h3-11H,2,12H2,1H3. The normalized spacial score (nSPS) is 11.0. The maximum absolute atomic E-state index is 13.2. The fourth-order valence-corrected chi connectivity index (χ4v) is 2.48. The van der Waals surface area contributed by atoms with Crippen molar-refractivity contribution in [1.82, 2.24) is 4.57 Å². The smallest absolute Gasteiger partial charge is 0.182 e. The van der Waals surface area contributed by atoms with Crippen molar-refractivity contribution in [2.45, 2.75) is 19.9 Å². The summed E-state index contributed by atoms with van der Waals surface area (Å²) in [6.45, 7) is 2.35. The molecule has 1 aromatic heterocycles. The van der Waals surface area contributed by atoms with Gasteiger partial charge >= 0.3 is 0 Å². The highest BCUT2D eigenvalue weighted by atomic mass is 19.1. The molecule has 3 heteroatoms. The fraction of sp³-hybridized carbons (Fsp3) is 0.167. The van der Waals surface area contributed by atoms with Crippen molar-refractivity contribution >= 4 is 16.7 Å². The molecule has 0 saturated carbocycles. The van der Waals surface area contributed by atoms with Crippen molar-refractivity contribution in [3.05, 3.63) is 71.7 Å². The lowest BCUT2D eigenvalue weighted by Gasteiger charge is -2.06. The van der Waals surface area contributed by atoms with Gasteiger partial charge in [0.15, 0.2) is 5.78 Å². The molecular weight excluding hydrogens is 265 g/mol. The first-order valence-corrected chi connectivity index (χ1v) is 7.04. The lowest BCUT2D eigenvalue weighted by molar-refractivity contribution is 0.0973. The van der Waals surface area contributed by atoms with E-state index in [9.17, 15) is 9.18 Å². The van der Waals surface area contributed by atoms with E-state index in [1.54, 1.807) is 6.07 Å². The summed E-state index contributed by atoms with van der Waals surface area (Å²) in [5.74, 6) is -0.207. The van der Waals surface area contributed by atoms with Gasteiger partial charge in [0.2, 0.25) is 0 Å². The summed E-state index contributed by atoms with van der Waals surface area (Å²) < 4.78 is 15.0. The van der Waals surface area contributed by atoms with E-state index in [4.69, 9.17) is 0 Å². The summed E-state index contributed by atoms with van der Waals surface area (Å²) >= 11 is 0. The Bertz CT molecular complexity index is 787. The van der Waals surface area contributed by atoms with Crippen LogP contribution in [-0.4, -0.2) is 10.4 Å². The molecule has 0 atom stereocenters. The van der Waals surface area contributed by atoms with Crippen LogP contribution in [-0.2, 0) is 13.0 Å². The maximum atomic E-state index is 13.2. The van der Waals surface area contributed by atoms with Crippen LogP contribution in [0.2, 0.25) is 0 Å². The van der Waals surface area contributed by atoms with E-state index >= 15 is 0 Å². The number of hydrogen-bond acceptors (Lipinski definition) is 1. The highest BCUT2D eigenvalue weighted by molar-refractivity contribution is 5.96. The van der Waals surface area contributed by atoms with E-state index in [-0.39, 0.29) is 18.1 Å². The first-order chi connectivity index (χ1) is 10.2. The zero-order chi connectivity index (χ0) is 14.8. The molecule has 2 nitrogen and oxygen atoms in total. The number of aryl methyl sites for hydroxylation is 1. The molecule has 0 saturated heterocycles. The monoisotopic (exact) mass is 281 g/mol. The van der Waals surface area contributed by atoms with Gasteiger partial charge in [0.05, 0.1) is 6.54 Å². The zero-order valence-corrected chi connectivity index (χ0v) is 11.8. The Labute approximate surface area is 122 Å². The number of benzene rings is 2. The quantitative estimate of drug-likeness (QED) is 0.656. The summed E-state index contributed by atoms with van der Waals surface area (Å²) in [5.41, 5.74) is 2.79. The number of carbonyl (C=O) groups is 1. The second-order valence-electron chi connectivity index (χ2n) is 5.12. The van der Waals surface area contributed by atoms with Gasteiger partial charge in [-0.1, -0.05) is 31.2 Å².